The van der Waals surface area contributed by atoms with Gasteiger partial charge in [0.2, 0.25) is 0 Å². The summed E-state index contributed by atoms with van der Waals surface area (Å²) in [5, 5.41) is 12.1. The van der Waals surface area contributed by atoms with Gasteiger partial charge in [-0.05, 0) is 68.3 Å². The van der Waals surface area contributed by atoms with E-state index in [0.29, 0.717) is 35.1 Å². The zero-order valence-electron chi connectivity index (χ0n) is 20.2. The third-order valence-electron chi connectivity index (χ3n) is 6.40. The number of carbonyl (C=O) groups excluding carboxylic acids is 1. The summed E-state index contributed by atoms with van der Waals surface area (Å²) in [5.74, 6) is 2.09. The van der Waals surface area contributed by atoms with Crippen molar-refractivity contribution in [1.82, 2.24) is 40.0 Å². The molecule has 37 heavy (non-hydrogen) atoms. The first-order valence-corrected chi connectivity index (χ1v) is 12.2. The Morgan fingerprint density at radius 3 is 2.68 bits per heavy atom. The van der Waals surface area contributed by atoms with Crippen LogP contribution in [-0.2, 0) is 0 Å². The summed E-state index contributed by atoms with van der Waals surface area (Å²) >= 11 is 0. The molecule has 0 spiro atoms. The number of hydrogen-bond acceptors (Lipinski definition) is 8. The Morgan fingerprint density at radius 1 is 1.00 bits per heavy atom. The van der Waals surface area contributed by atoms with Crippen molar-refractivity contribution in [2.24, 2.45) is 0 Å². The number of rotatable bonds is 7. The molecule has 0 saturated heterocycles. The molecule has 1 aliphatic carbocycles. The number of nitrogens with one attached hydrogen (secondary N) is 1. The van der Waals surface area contributed by atoms with Gasteiger partial charge in [0.05, 0.1) is 35.7 Å². The van der Waals surface area contributed by atoms with Crippen molar-refractivity contribution < 1.29 is 9.53 Å². The summed E-state index contributed by atoms with van der Waals surface area (Å²) in [4.78, 5) is 30.4. The highest BCUT2D eigenvalue weighted by atomic mass is 16.5. The van der Waals surface area contributed by atoms with E-state index in [-0.39, 0.29) is 17.9 Å². The molecule has 0 unspecified atom stereocenters. The van der Waals surface area contributed by atoms with Gasteiger partial charge in [0.15, 0.2) is 5.82 Å². The van der Waals surface area contributed by atoms with Gasteiger partial charge < -0.3 is 10.1 Å². The number of fused-ring (bicyclic) bond motifs is 1. The van der Waals surface area contributed by atoms with Gasteiger partial charge >= 0.3 is 0 Å². The third kappa shape index (κ3) is 4.49. The fraction of sp³-hybridized carbons (Fsp3) is 0.222. The van der Waals surface area contributed by atoms with Crippen LogP contribution in [0.1, 0.15) is 42.0 Å². The van der Waals surface area contributed by atoms with Crippen LogP contribution in [0.4, 0.5) is 0 Å². The van der Waals surface area contributed by atoms with E-state index >= 15 is 0 Å². The number of amides is 1. The second-order valence-corrected chi connectivity index (χ2v) is 8.82. The minimum absolute atomic E-state index is 0.0231. The summed E-state index contributed by atoms with van der Waals surface area (Å²) in [7, 11) is 0. The van der Waals surface area contributed by atoms with E-state index in [1.165, 1.54) is 0 Å². The number of carbonyl (C=O) groups is 1. The molecule has 184 valence electrons. The third-order valence-corrected chi connectivity index (χ3v) is 6.40. The average molecular weight is 493 g/mol. The van der Waals surface area contributed by atoms with Crippen LogP contribution in [0.5, 0.6) is 5.75 Å². The van der Waals surface area contributed by atoms with E-state index < -0.39 is 0 Å². The van der Waals surface area contributed by atoms with Crippen molar-refractivity contribution in [2.75, 3.05) is 6.61 Å². The van der Waals surface area contributed by atoms with Gasteiger partial charge in [0.1, 0.15) is 23.0 Å². The molecule has 5 aromatic rings. The molecule has 0 atom stereocenters. The lowest BCUT2D eigenvalue weighted by Crippen LogP contribution is -2.44. The van der Waals surface area contributed by atoms with Crippen LogP contribution in [0.3, 0.4) is 0 Å². The van der Waals surface area contributed by atoms with Crippen molar-refractivity contribution in [3.05, 3.63) is 84.8 Å². The lowest BCUT2D eigenvalue weighted by Gasteiger charge is -2.35. The first-order chi connectivity index (χ1) is 18.2. The first-order valence-electron chi connectivity index (χ1n) is 12.2. The highest BCUT2D eigenvalue weighted by Gasteiger charge is 2.36. The van der Waals surface area contributed by atoms with Gasteiger partial charge in [-0.25, -0.2) is 9.97 Å². The van der Waals surface area contributed by atoms with Crippen LogP contribution in [0, 0.1) is 0 Å². The Balaban J connectivity index is 1.21. The molecule has 0 bridgehead atoms. The molecule has 1 fully saturated rings. The van der Waals surface area contributed by atoms with Crippen molar-refractivity contribution in [2.45, 2.75) is 31.7 Å². The molecule has 10 nitrogen and oxygen atoms in total. The van der Waals surface area contributed by atoms with E-state index in [2.05, 4.69) is 35.5 Å². The summed E-state index contributed by atoms with van der Waals surface area (Å²) < 4.78 is 7.52. The molecule has 0 radical (unpaired) electrons. The highest BCUT2D eigenvalue weighted by molar-refractivity contribution is 5.94. The van der Waals surface area contributed by atoms with Crippen molar-refractivity contribution in [3.8, 4) is 23.0 Å². The van der Waals surface area contributed by atoms with Crippen LogP contribution in [0.2, 0.25) is 0 Å². The van der Waals surface area contributed by atoms with Crippen LogP contribution in [-0.4, -0.2) is 53.3 Å². The minimum atomic E-state index is -0.192. The van der Waals surface area contributed by atoms with Gasteiger partial charge in [-0.1, -0.05) is 0 Å². The zero-order valence-corrected chi connectivity index (χ0v) is 20.2. The van der Waals surface area contributed by atoms with Crippen LogP contribution in [0.25, 0.3) is 28.2 Å². The molecule has 5 aromatic heterocycles. The van der Waals surface area contributed by atoms with Crippen LogP contribution < -0.4 is 10.1 Å². The maximum Gasteiger partial charge on any atom is 0.270 e. The molecule has 6 rings (SSSR count). The Hall–Kier alpha value is -4.73. The molecule has 1 N–H and O–H groups in total. The lowest BCUT2D eigenvalue weighted by molar-refractivity contribution is 0.0902. The zero-order chi connectivity index (χ0) is 25.2. The maximum absolute atomic E-state index is 12.8. The number of ether oxygens (including phenoxy) is 1. The second kappa shape index (κ2) is 9.73. The lowest BCUT2D eigenvalue weighted by atomic mass is 9.79. The van der Waals surface area contributed by atoms with Gasteiger partial charge in [0.25, 0.3) is 5.91 Å². The number of hydrogen-bond donors (Lipinski definition) is 1. The second-order valence-electron chi connectivity index (χ2n) is 8.82. The highest BCUT2D eigenvalue weighted by Crippen LogP contribution is 2.38. The predicted octanol–water partition coefficient (Wildman–Crippen LogP) is 3.74. The smallest absolute Gasteiger partial charge is 0.270 e. The summed E-state index contributed by atoms with van der Waals surface area (Å²) in [5.41, 5.74) is 3.38. The average Bonchev–Trinajstić information content (AvgIpc) is 3.35. The van der Waals surface area contributed by atoms with Crippen LogP contribution >= 0.6 is 0 Å². The Kier molecular flexibility index (Phi) is 5.97. The van der Waals surface area contributed by atoms with Gasteiger partial charge in [-0.2, -0.15) is 0 Å². The Morgan fingerprint density at radius 2 is 1.89 bits per heavy atom. The molecule has 1 saturated carbocycles. The fourth-order valence-corrected chi connectivity index (χ4v) is 4.52. The quantitative estimate of drug-likeness (QED) is 0.365. The van der Waals surface area contributed by atoms with Crippen molar-refractivity contribution >= 4 is 16.9 Å². The first kappa shape index (κ1) is 22.7. The number of nitrogens with zero attached hydrogens (tertiary/aromatic N) is 7. The SMILES string of the molecule is CCOc1ccc(-c2nnc([C@H]3C[C@H](NC(=O)c4ccc5ncccc5n4)C3)n2-c2cccnc2)nc1. The van der Waals surface area contributed by atoms with Gasteiger partial charge in [-0.3, -0.25) is 19.3 Å². The largest absolute Gasteiger partial charge is 0.492 e. The standard InChI is InChI=1S/C27H24N8O2/c1-2-37-20-7-8-23(30-16-20)26-34-33-25(35(26)19-5-3-11-28-15-19)17-13-18(14-17)31-27(36)24-10-9-21-22(32-24)6-4-12-29-21/h3-12,15-18H,2,13-14H2,1H3,(H,31,36)/t17-,18-. The summed E-state index contributed by atoms with van der Waals surface area (Å²) in [6, 6.07) is 14.8. The van der Waals surface area contributed by atoms with E-state index in [1.807, 2.05) is 54.0 Å². The van der Waals surface area contributed by atoms with E-state index in [4.69, 9.17) is 4.74 Å². The Bertz CT molecular complexity index is 1550. The van der Waals surface area contributed by atoms with Crippen molar-refractivity contribution in [3.63, 3.8) is 0 Å². The van der Waals surface area contributed by atoms with Crippen molar-refractivity contribution in [1.29, 1.82) is 0 Å². The van der Waals surface area contributed by atoms with Gasteiger partial charge in [-0.15, -0.1) is 10.2 Å². The Labute approximate surface area is 212 Å². The van der Waals surface area contributed by atoms with E-state index in [0.717, 1.165) is 29.9 Å². The van der Waals surface area contributed by atoms with Gasteiger partial charge in [0, 0.05) is 24.4 Å². The maximum atomic E-state index is 12.8. The van der Waals surface area contributed by atoms with E-state index in [9.17, 15) is 4.79 Å². The topological polar surface area (TPSA) is 121 Å². The molecule has 0 aliphatic heterocycles. The van der Waals surface area contributed by atoms with Crippen LogP contribution in [0.15, 0.2) is 73.3 Å². The molecular formula is C27H24N8O2. The molecule has 1 aliphatic rings. The fourth-order valence-electron chi connectivity index (χ4n) is 4.52. The molecule has 5 heterocycles. The van der Waals surface area contributed by atoms with E-state index in [1.54, 1.807) is 30.9 Å². The predicted molar refractivity (Wildman–Crippen MR) is 136 cm³/mol. The molecular weight excluding hydrogens is 468 g/mol. The summed E-state index contributed by atoms with van der Waals surface area (Å²) in [6.45, 7) is 2.51. The minimum Gasteiger partial charge on any atom is -0.492 e. The summed E-state index contributed by atoms with van der Waals surface area (Å²) in [6.07, 6.45) is 8.40. The molecule has 10 heteroatoms. The number of pyridine rings is 4. The molecule has 0 aromatic carbocycles. The normalized spacial score (nSPS) is 16.8. The monoisotopic (exact) mass is 492 g/mol. The molecule has 1 amide bonds. The number of aromatic nitrogens is 7.